The summed E-state index contributed by atoms with van der Waals surface area (Å²) >= 11 is 0. The molecule has 1 heteroatoms. The van der Waals surface area contributed by atoms with Crippen LogP contribution in [-0.2, 0) is 4.74 Å². The van der Waals surface area contributed by atoms with E-state index in [0.29, 0.717) is 5.41 Å². The van der Waals surface area contributed by atoms with Gasteiger partial charge in [-0.15, -0.1) is 6.58 Å². The van der Waals surface area contributed by atoms with E-state index in [4.69, 9.17) is 4.74 Å². The SMILES string of the molecule is C=CC1(CC)CCOCC1. The first-order valence-electron chi connectivity index (χ1n) is 4.04. The smallest absolute Gasteiger partial charge is 0.0474 e. The van der Waals surface area contributed by atoms with Crippen LogP contribution in [0.3, 0.4) is 0 Å². The predicted octanol–water partition coefficient (Wildman–Crippen LogP) is 2.38. The van der Waals surface area contributed by atoms with Crippen LogP contribution in [0.1, 0.15) is 26.2 Å². The minimum absolute atomic E-state index is 0.401. The molecule has 1 rings (SSSR count). The van der Waals surface area contributed by atoms with Gasteiger partial charge in [0.05, 0.1) is 0 Å². The molecular weight excluding hydrogens is 124 g/mol. The van der Waals surface area contributed by atoms with E-state index in [-0.39, 0.29) is 0 Å². The van der Waals surface area contributed by atoms with Gasteiger partial charge in [-0.1, -0.05) is 13.0 Å². The van der Waals surface area contributed by atoms with Crippen molar-refractivity contribution < 1.29 is 4.74 Å². The highest BCUT2D eigenvalue weighted by molar-refractivity contribution is 4.95. The zero-order chi connectivity index (χ0) is 7.45. The van der Waals surface area contributed by atoms with Crippen LogP contribution in [-0.4, -0.2) is 13.2 Å². The maximum atomic E-state index is 5.28. The van der Waals surface area contributed by atoms with E-state index in [9.17, 15) is 0 Å². The van der Waals surface area contributed by atoms with Gasteiger partial charge < -0.3 is 4.74 Å². The molecule has 0 radical (unpaired) electrons. The van der Waals surface area contributed by atoms with Crippen molar-refractivity contribution in [3.8, 4) is 0 Å². The van der Waals surface area contributed by atoms with Gasteiger partial charge in [0.1, 0.15) is 0 Å². The Morgan fingerprint density at radius 2 is 2.10 bits per heavy atom. The van der Waals surface area contributed by atoms with Crippen molar-refractivity contribution in [2.45, 2.75) is 26.2 Å². The Balaban J connectivity index is 2.52. The van der Waals surface area contributed by atoms with E-state index in [1.54, 1.807) is 0 Å². The van der Waals surface area contributed by atoms with Gasteiger partial charge in [0, 0.05) is 13.2 Å². The lowest BCUT2D eigenvalue weighted by atomic mass is 9.78. The van der Waals surface area contributed by atoms with Crippen molar-refractivity contribution in [3.05, 3.63) is 12.7 Å². The van der Waals surface area contributed by atoms with Crippen LogP contribution in [0.15, 0.2) is 12.7 Å². The normalized spacial score (nSPS) is 24.1. The summed E-state index contributed by atoms with van der Waals surface area (Å²) in [6.07, 6.45) is 5.63. The number of allylic oxidation sites excluding steroid dienone is 1. The third-order valence-corrected chi connectivity index (χ3v) is 2.63. The quantitative estimate of drug-likeness (QED) is 0.535. The Bertz CT molecular complexity index is 112. The molecule has 0 saturated carbocycles. The largest absolute Gasteiger partial charge is 0.381 e. The summed E-state index contributed by atoms with van der Waals surface area (Å²) in [6, 6.07) is 0. The Kier molecular flexibility index (Phi) is 2.50. The fraction of sp³-hybridized carbons (Fsp3) is 0.778. The van der Waals surface area contributed by atoms with Crippen molar-refractivity contribution in [1.29, 1.82) is 0 Å². The molecule has 1 fully saturated rings. The molecule has 0 unspecified atom stereocenters. The molecule has 1 nitrogen and oxygen atoms in total. The van der Waals surface area contributed by atoms with Gasteiger partial charge in [-0.25, -0.2) is 0 Å². The minimum atomic E-state index is 0.401. The van der Waals surface area contributed by atoms with Crippen molar-refractivity contribution in [1.82, 2.24) is 0 Å². The second-order valence-electron chi connectivity index (χ2n) is 3.03. The zero-order valence-corrected chi connectivity index (χ0v) is 6.73. The molecule has 0 N–H and O–H groups in total. The summed E-state index contributed by atoms with van der Waals surface area (Å²) in [4.78, 5) is 0. The molecule has 1 saturated heterocycles. The summed E-state index contributed by atoms with van der Waals surface area (Å²) in [5, 5.41) is 0. The van der Waals surface area contributed by atoms with Crippen LogP contribution in [0, 0.1) is 5.41 Å². The molecule has 0 aromatic carbocycles. The number of hydrogen-bond acceptors (Lipinski definition) is 1. The Labute approximate surface area is 63.1 Å². The van der Waals surface area contributed by atoms with E-state index in [1.165, 1.54) is 6.42 Å². The Morgan fingerprint density at radius 3 is 2.40 bits per heavy atom. The maximum Gasteiger partial charge on any atom is 0.0474 e. The summed E-state index contributed by atoms with van der Waals surface area (Å²) < 4.78 is 5.28. The van der Waals surface area contributed by atoms with Crippen molar-refractivity contribution >= 4 is 0 Å². The van der Waals surface area contributed by atoms with Crippen LogP contribution in [0.5, 0.6) is 0 Å². The highest BCUT2D eigenvalue weighted by Gasteiger charge is 2.26. The third-order valence-electron chi connectivity index (χ3n) is 2.63. The van der Waals surface area contributed by atoms with Crippen LogP contribution >= 0.6 is 0 Å². The first-order chi connectivity index (χ1) is 4.83. The number of hydrogen-bond donors (Lipinski definition) is 0. The number of rotatable bonds is 2. The molecule has 0 spiro atoms. The van der Waals surface area contributed by atoms with Crippen LogP contribution in [0.25, 0.3) is 0 Å². The second-order valence-corrected chi connectivity index (χ2v) is 3.03. The summed E-state index contributed by atoms with van der Waals surface area (Å²) in [5.41, 5.74) is 0.401. The summed E-state index contributed by atoms with van der Waals surface area (Å²) in [7, 11) is 0. The summed E-state index contributed by atoms with van der Waals surface area (Å²) in [5.74, 6) is 0. The lowest BCUT2D eigenvalue weighted by Crippen LogP contribution is -2.26. The molecule has 0 atom stereocenters. The van der Waals surface area contributed by atoms with Crippen molar-refractivity contribution in [2.75, 3.05) is 13.2 Å². The van der Waals surface area contributed by atoms with E-state index >= 15 is 0 Å². The molecule has 1 aliphatic heterocycles. The molecule has 0 aliphatic carbocycles. The van der Waals surface area contributed by atoms with E-state index in [2.05, 4.69) is 19.6 Å². The van der Waals surface area contributed by atoms with Crippen molar-refractivity contribution in [2.24, 2.45) is 5.41 Å². The zero-order valence-electron chi connectivity index (χ0n) is 6.73. The highest BCUT2D eigenvalue weighted by Crippen LogP contribution is 2.34. The van der Waals surface area contributed by atoms with E-state index in [0.717, 1.165) is 26.1 Å². The lowest BCUT2D eigenvalue weighted by molar-refractivity contribution is 0.0358. The Hall–Kier alpha value is -0.300. The fourth-order valence-corrected chi connectivity index (χ4v) is 1.48. The molecule has 0 aromatic heterocycles. The molecule has 0 amide bonds. The van der Waals surface area contributed by atoms with Gasteiger partial charge in [-0.3, -0.25) is 0 Å². The first kappa shape index (κ1) is 7.80. The minimum Gasteiger partial charge on any atom is -0.381 e. The monoisotopic (exact) mass is 140 g/mol. The van der Waals surface area contributed by atoms with Gasteiger partial charge in [0.25, 0.3) is 0 Å². The molecule has 1 heterocycles. The molecule has 1 aliphatic rings. The van der Waals surface area contributed by atoms with Crippen LogP contribution < -0.4 is 0 Å². The molecule has 10 heavy (non-hydrogen) atoms. The van der Waals surface area contributed by atoms with Crippen LogP contribution in [0.4, 0.5) is 0 Å². The van der Waals surface area contributed by atoms with Crippen molar-refractivity contribution in [3.63, 3.8) is 0 Å². The van der Waals surface area contributed by atoms with Gasteiger partial charge in [-0.2, -0.15) is 0 Å². The molecular formula is C9H16O. The fourth-order valence-electron chi connectivity index (χ4n) is 1.48. The van der Waals surface area contributed by atoms with E-state index < -0.39 is 0 Å². The number of ether oxygens (including phenoxy) is 1. The maximum absolute atomic E-state index is 5.28. The van der Waals surface area contributed by atoms with E-state index in [1.807, 2.05) is 0 Å². The third kappa shape index (κ3) is 1.40. The Morgan fingerprint density at radius 1 is 1.50 bits per heavy atom. The van der Waals surface area contributed by atoms with Gasteiger partial charge in [-0.05, 0) is 24.7 Å². The molecule has 58 valence electrons. The molecule has 0 aromatic rings. The average molecular weight is 140 g/mol. The standard InChI is InChI=1S/C9H16O/c1-3-9(4-2)5-7-10-8-6-9/h3H,1,4-8H2,2H3. The highest BCUT2D eigenvalue weighted by atomic mass is 16.5. The first-order valence-corrected chi connectivity index (χ1v) is 4.04. The topological polar surface area (TPSA) is 9.23 Å². The molecule has 0 bridgehead atoms. The van der Waals surface area contributed by atoms with Gasteiger partial charge in [0.15, 0.2) is 0 Å². The average Bonchev–Trinajstić information content (AvgIpc) is 2.06. The van der Waals surface area contributed by atoms with Gasteiger partial charge in [0.2, 0.25) is 0 Å². The predicted molar refractivity (Wildman–Crippen MR) is 43.0 cm³/mol. The summed E-state index contributed by atoms with van der Waals surface area (Å²) in [6.45, 7) is 7.93. The second kappa shape index (κ2) is 3.20. The van der Waals surface area contributed by atoms with Crippen LogP contribution in [0.2, 0.25) is 0 Å². The lowest BCUT2D eigenvalue weighted by Gasteiger charge is -2.33. The van der Waals surface area contributed by atoms with Gasteiger partial charge >= 0.3 is 0 Å².